The molecule has 2 aromatic rings. The molecule has 0 amide bonds. The van der Waals surface area contributed by atoms with E-state index in [4.69, 9.17) is 9.47 Å². The summed E-state index contributed by atoms with van der Waals surface area (Å²) in [5.74, 6) is 1.04. The Labute approximate surface area is 162 Å². The van der Waals surface area contributed by atoms with E-state index in [0.717, 1.165) is 25.9 Å². The number of halogens is 1. The highest BCUT2D eigenvalue weighted by Gasteiger charge is 2.42. The van der Waals surface area contributed by atoms with Crippen molar-refractivity contribution in [3.05, 3.63) is 48.0 Å². The number of hydrogen-bond acceptors (Lipinski definition) is 6. The minimum atomic E-state index is -0.412. The molecule has 28 heavy (non-hydrogen) atoms. The Morgan fingerprint density at radius 1 is 1.25 bits per heavy atom. The molecule has 2 unspecified atom stereocenters. The standard InChI is InChI=1S/C21H23FN2O4/c1-27-20-4-2-3-17(22)21(20)28-16-7-13-10-24(11-14(13)8-16)12-19(26)18-6-5-15(25)9-23-18/h2-6,9,13-14,16,25H,7-8,10-12H2,1H3/t13-,14?,16?/m1/s1. The zero-order valence-corrected chi connectivity index (χ0v) is 15.7. The first kappa shape index (κ1) is 18.7. The van der Waals surface area contributed by atoms with Gasteiger partial charge in [0.1, 0.15) is 11.4 Å². The lowest BCUT2D eigenvalue weighted by molar-refractivity contribution is 0.0931. The minimum Gasteiger partial charge on any atom is -0.506 e. The normalized spacial score (nSPS) is 24.1. The van der Waals surface area contributed by atoms with Gasteiger partial charge in [0, 0.05) is 13.1 Å². The number of ether oxygens (including phenoxy) is 2. The predicted octanol–water partition coefficient (Wildman–Crippen LogP) is 2.91. The Bertz CT molecular complexity index is 844. The number of methoxy groups -OCH3 is 1. The zero-order valence-electron chi connectivity index (χ0n) is 15.7. The third-order valence-electron chi connectivity index (χ3n) is 5.62. The lowest BCUT2D eigenvalue weighted by atomic mass is 10.0. The first-order chi connectivity index (χ1) is 13.5. The number of Topliss-reactive ketones (excluding diaryl/α,β-unsaturated/α-hetero) is 1. The summed E-state index contributed by atoms with van der Waals surface area (Å²) in [5, 5.41) is 9.28. The number of hydrogen-bond donors (Lipinski definition) is 1. The second-order valence-electron chi connectivity index (χ2n) is 7.52. The topological polar surface area (TPSA) is 71.9 Å². The second kappa shape index (κ2) is 7.75. The summed E-state index contributed by atoms with van der Waals surface area (Å²) >= 11 is 0. The van der Waals surface area contributed by atoms with E-state index in [1.807, 2.05) is 0 Å². The van der Waals surface area contributed by atoms with Crippen molar-refractivity contribution in [3.8, 4) is 17.2 Å². The third-order valence-corrected chi connectivity index (χ3v) is 5.62. The van der Waals surface area contributed by atoms with Gasteiger partial charge in [-0.25, -0.2) is 9.37 Å². The van der Waals surface area contributed by atoms with Crippen LogP contribution in [0.2, 0.25) is 0 Å². The number of pyridine rings is 1. The van der Waals surface area contributed by atoms with E-state index in [2.05, 4.69) is 9.88 Å². The van der Waals surface area contributed by atoms with Gasteiger partial charge in [0.25, 0.3) is 0 Å². The number of carbonyl (C=O) groups excluding carboxylic acids is 1. The molecular formula is C21H23FN2O4. The molecule has 1 saturated carbocycles. The molecule has 1 aromatic heterocycles. The van der Waals surface area contributed by atoms with Gasteiger partial charge in [0.15, 0.2) is 23.1 Å². The number of aromatic hydroxyl groups is 1. The maximum Gasteiger partial charge on any atom is 0.197 e. The van der Waals surface area contributed by atoms with Crippen molar-refractivity contribution in [1.29, 1.82) is 0 Å². The van der Waals surface area contributed by atoms with E-state index in [1.54, 1.807) is 18.2 Å². The third kappa shape index (κ3) is 3.80. The number of fused-ring (bicyclic) bond motifs is 1. The van der Waals surface area contributed by atoms with Crippen molar-refractivity contribution < 1.29 is 23.8 Å². The van der Waals surface area contributed by atoms with Crippen molar-refractivity contribution >= 4 is 5.78 Å². The maximum absolute atomic E-state index is 14.1. The van der Waals surface area contributed by atoms with Gasteiger partial charge < -0.3 is 14.6 Å². The number of ketones is 1. The highest BCUT2D eigenvalue weighted by Crippen LogP contribution is 2.41. The Balaban J connectivity index is 1.32. The van der Waals surface area contributed by atoms with Crippen LogP contribution in [-0.2, 0) is 0 Å². The summed E-state index contributed by atoms with van der Waals surface area (Å²) in [7, 11) is 1.50. The van der Waals surface area contributed by atoms with E-state index in [1.165, 1.54) is 25.4 Å². The molecule has 2 aliphatic rings. The number of carbonyl (C=O) groups is 1. The van der Waals surface area contributed by atoms with Crippen molar-refractivity contribution in [1.82, 2.24) is 9.88 Å². The average Bonchev–Trinajstić information content (AvgIpc) is 3.21. The highest BCUT2D eigenvalue weighted by atomic mass is 19.1. The first-order valence-corrected chi connectivity index (χ1v) is 9.43. The summed E-state index contributed by atoms with van der Waals surface area (Å²) in [5.41, 5.74) is 0.364. The van der Waals surface area contributed by atoms with E-state index in [0.29, 0.717) is 29.8 Å². The van der Waals surface area contributed by atoms with Crippen LogP contribution in [0.25, 0.3) is 0 Å². The molecule has 2 heterocycles. The van der Waals surface area contributed by atoms with Gasteiger partial charge >= 0.3 is 0 Å². The van der Waals surface area contributed by atoms with Gasteiger partial charge in [-0.15, -0.1) is 0 Å². The molecule has 4 rings (SSSR count). The molecule has 1 N–H and O–H groups in total. The van der Waals surface area contributed by atoms with E-state index in [9.17, 15) is 14.3 Å². The van der Waals surface area contributed by atoms with Crippen LogP contribution in [0.1, 0.15) is 23.3 Å². The number of rotatable bonds is 6. The molecule has 2 fully saturated rings. The van der Waals surface area contributed by atoms with Gasteiger partial charge in [-0.2, -0.15) is 0 Å². The fraction of sp³-hybridized carbons (Fsp3) is 0.429. The lowest BCUT2D eigenvalue weighted by Crippen LogP contribution is -2.30. The molecule has 1 aliphatic carbocycles. The minimum absolute atomic E-state index is 0.0441. The molecule has 1 aromatic carbocycles. The largest absolute Gasteiger partial charge is 0.506 e. The predicted molar refractivity (Wildman–Crippen MR) is 100 cm³/mol. The van der Waals surface area contributed by atoms with Crippen LogP contribution in [-0.4, -0.2) is 53.6 Å². The smallest absolute Gasteiger partial charge is 0.197 e. The molecule has 148 valence electrons. The van der Waals surface area contributed by atoms with Crippen molar-refractivity contribution in [2.75, 3.05) is 26.7 Å². The molecular weight excluding hydrogens is 363 g/mol. The van der Waals surface area contributed by atoms with Gasteiger partial charge in [0.2, 0.25) is 0 Å². The van der Waals surface area contributed by atoms with E-state index >= 15 is 0 Å². The van der Waals surface area contributed by atoms with Crippen molar-refractivity contribution in [2.24, 2.45) is 11.8 Å². The highest BCUT2D eigenvalue weighted by molar-refractivity contribution is 5.95. The zero-order chi connectivity index (χ0) is 19.7. The Kier molecular flexibility index (Phi) is 5.17. The average molecular weight is 386 g/mol. The van der Waals surface area contributed by atoms with Gasteiger partial charge in [-0.3, -0.25) is 9.69 Å². The summed E-state index contributed by atoms with van der Waals surface area (Å²) in [6.07, 6.45) is 2.91. The van der Waals surface area contributed by atoms with Crippen LogP contribution in [0.15, 0.2) is 36.5 Å². The summed E-state index contributed by atoms with van der Waals surface area (Å²) in [6.45, 7) is 1.96. The summed E-state index contributed by atoms with van der Waals surface area (Å²) in [6, 6.07) is 7.68. The van der Waals surface area contributed by atoms with Crippen LogP contribution in [0.4, 0.5) is 4.39 Å². The molecule has 1 saturated heterocycles. The van der Waals surface area contributed by atoms with Gasteiger partial charge in [0.05, 0.1) is 26.0 Å². The molecule has 7 heteroatoms. The van der Waals surface area contributed by atoms with Crippen molar-refractivity contribution in [3.63, 3.8) is 0 Å². The fourth-order valence-electron chi connectivity index (χ4n) is 4.33. The van der Waals surface area contributed by atoms with E-state index in [-0.39, 0.29) is 23.4 Å². The van der Waals surface area contributed by atoms with Crippen LogP contribution in [0.3, 0.4) is 0 Å². The SMILES string of the molecule is COc1cccc(F)c1OC1CC2CN(CC(=O)c3ccc(O)cn3)C[C@H]2C1. The Morgan fingerprint density at radius 2 is 2.00 bits per heavy atom. The quantitative estimate of drug-likeness (QED) is 0.770. The number of likely N-dealkylation sites (tertiary alicyclic amines) is 1. The lowest BCUT2D eigenvalue weighted by Gasteiger charge is -2.20. The maximum atomic E-state index is 14.1. The van der Waals surface area contributed by atoms with Gasteiger partial charge in [-0.1, -0.05) is 6.07 Å². The second-order valence-corrected chi connectivity index (χ2v) is 7.52. The Hall–Kier alpha value is -2.67. The fourth-order valence-corrected chi connectivity index (χ4v) is 4.33. The molecule has 6 nitrogen and oxygen atoms in total. The monoisotopic (exact) mass is 386 g/mol. The van der Waals surface area contributed by atoms with E-state index < -0.39 is 5.82 Å². The molecule has 3 atom stereocenters. The number of nitrogens with zero attached hydrogens (tertiary/aromatic N) is 2. The van der Waals surface area contributed by atoms with Crippen LogP contribution in [0.5, 0.6) is 17.2 Å². The summed E-state index contributed by atoms with van der Waals surface area (Å²) < 4.78 is 25.3. The number of benzene rings is 1. The first-order valence-electron chi connectivity index (χ1n) is 9.43. The van der Waals surface area contributed by atoms with Gasteiger partial charge in [-0.05, 0) is 48.9 Å². The molecule has 0 radical (unpaired) electrons. The molecule has 1 aliphatic heterocycles. The number of para-hydroxylation sites is 1. The number of aromatic nitrogens is 1. The van der Waals surface area contributed by atoms with Crippen LogP contribution in [0, 0.1) is 17.7 Å². The van der Waals surface area contributed by atoms with Crippen molar-refractivity contribution in [2.45, 2.75) is 18.9 Å². The molecule has 0 bridgehead atoms. The Morgan fingerprint density at radius 3 is 2.64 bits per heavy atom. The van der Waals surface area contributed by atoms with Crippen LogP contribution < -0.4 is 9.47 Å². The molecule has 0 spiro atoms. The van der Waals surface area contributed by atoms with Crippen LogP contribution >= 0.6 is 0 Å². The summed E-state index contributed by atoms with van der Waals surface area (Å²) in [4.78, 5) is 18.5.